The van der Waals surface area contributed by atoms with Gasteiger partial charge in [0.1, 0.15) is 11.3 Å². The Hall–Kier alpha value is -2.73. The smallest absolute Gasteiger partial charge is 0.295 e. The highest BCUT2D eigenvalue weighted by Crippen LogP contribution is 2.24. The standard InChI is InChI=1S/C17H16ClN3O3/c1-19-16(22)10-23-14-5-3-2-4-11(14)9-20-17-21-13-8-12(18)6-7-15(13)24-17/h2-8H,9-10H2,1H3,(H,19,22)(H,20,21). The number of anilines is 1. The summed E-state index contributed by atoms with van der Waals surface area (Å²) in [5.41, 5.74) is 2.24. The molecule has 2 aromatic carbocycles. The number of ether oxygens (including phenoxy) is 1. The van der Waals surface area contributed by atoms with Gasteiger partial charge in [0, 0.05) is 24.2 Å². The first kappa shape index (κ1) is 16.1. The van der Waals surface area contributed by atoms with Gasteiger partial charge in [-0.2, -0.15) is 4.98 Å². The number of oxazole rings is 1. The number of likely N-dealkylation sites (N-methyl/N-ethyl adjacent to an activating group) is 1. The van der Waals surface area contributed by atoms with E-state index in [2.05, 4.69) is 15.6 Å². The van der Waals surface area contributed by atoms with Crippen molar-refractivity contribution >= 4 is 34.6 Å². The van der Waals surface area contributed by atoms with Crippen LogP contribution < -0.4 is 15.4 Å². The van der Waals surface area contributed by atoms with Crippen LogP contribution in [0, 0.1) is 0 Å². The third-order valence-electron chi connectivity index (χ3n) is 3.39. The maximum absolute atomic E-state index is 11.3. The van der Waals surface area contributed by atoms with E-state index < -0.39 is 0 Å². The first-order valence-electron chi connectivity index (χ1n) is 7.37. The minimum absolute atomic E-state index is 0.0328. The van der Waals surface area contributed by atoms with Crippen LogP contribution in [0.3, 0.4) is 0 Å². The van der Waals surface area contributed by atoms with Gasteiger partial charge in [-0.15, -0.1) is 0 Å². The molecule has 3 rings (SSSR count). The van der Waals surface area contributed by atoms with Crippen LogP contribution in [0.5, 0.6) is 5.75 Å². The summed E-state index contributed by atoms with van der Waals surface area (Å²) in [5.74, 6) is 0.446. The lowest BCUT2D eigenvalue weighted by molar-refractivity contribution is -0.122. The lowest BCUT2D eigenvalue weighted by Crippen LogP contribution is -2.25. The third-order valence-corrected chi connectivity index (χ3v) is 3.62. The van der Waals surface area contributed by atoms with Crippen LogP contribution in [0.2, 0.25) is 5.02 Å². The molecule has 3 aromatic rings. The maximum Gasteiger partial charge on any atom is 0.295 e. The predicted octanol–water partition coefficient (Wildman–Crippen LogP) is 3.22. The van der Waals surface area contributed by atoms with E-state index in [9.17, 15) is 4.79 Å². The second-order valence-electron chi connectivity index (χ2n) is 5.05. The molecule has 24 heavy (non-hydrogen) atoms. The van der Waals surface area contributed by atoms with Gasteiger partial charge in [-0.25, -0.2) is 0 Å². The Morgan fingerprint density at radius 3 is 2.96 bits per heavy atom. The third kappa shape index (κ3) is 3.78. The molecule has 0 fully saturated rings. The molecule has 0 aliphatic heterocycles. The molecule has 0 atom stereocenters. The molecule has 0 aliphatic rings. The predicted molar refractivity (Wildman–Crippen MR) is 92.3 cm³/mol. The normalized spacial score (nSPS) is 10.6. The molecular weight excluding hydrogens is 330 g/mol. The zero-order chi connectivity index (χ0) is 16.9. The van der Waals surface area contributed by atoms with Gasteiger partial charge in [-0.3, -0.25) is 4.79 Å². The molecule has 7 heteroatoms. The molecule has 1 heterocycles. The molecule has 6 nitrogen and oxygen atoms in total. The number of carbonyl (C=O) groups excluding carboxylic acids is 1. The number of amides is 1. The van der Waals surface area contributed by atoms with Gasteiger partial charge >= 0.3 is 0 Å². The van der Waals surface area contributed by atoms with Gasteiger partial charge < -0.3 is 19.8 Å². The van der Waals surface area contributed by atoms with Crippen molar-refractivity contribution in [3.63, 3.8) is 0 Å². The molecule has 1 amide bonds. The van der Waals surface area contributed by atoms with Crippen LogP contribution in [-0.2, 0) is 11.3 Å². The highest BCUT2D eigenvalue weighted by Gasteiger charge is 2.09. The van der Waals surface area contributed by atoms with E-state index in [1.54, 1.807) is 25.2 Å². The number of nitrogens with one attached hydrogen (secondary N) is 2. The lowest BCUT2D eigenvalue weighted by atomic mass is 10.2. The first-order valence-corrected chi connectivity index (χ1v) is 7.75. The summed E-state index contributed by atoms with van der Waals surface area (Å²) in [6.07, 6.45) is 0. The summed E-state index contributed by atoms with van der Waals surface area (Å²) in [4.78, 5) is 15.7. The van der Waals surface area contributed by atoms with E-state index in [1.165, 1.54) is 0 Å². The summed E-state index contributed by atoms with van der Waals surface area (Å²) in [5, 5.41) is 6.23. The van der Waals surface area contributed by atoms with Crippen molar-refractivity contribution in [2.75, 3.05) is 19.0 Å². The molecule has 0 saturated heterocycles. The van der Waals surface area contributed by atoms with Crippen LogP contribution >= 0.6 is 11.6 Å². The van der Waals surface area contributed by atoms with Gasteiger partial charge in [-0.05, 0) is 24.3 Å². The van der Waals surface area contributed by atoms with Gasteiger partial charge in [-0.1, -0.05) is 29.8 Å². The van der Waals surface area contributed by atoms with E-state index in [0.29, 0.717) is 34.4 Å². The van der Waals surface area contributed by atoms with Crippen molar-refractivity contribution < 1.29 is 13.9 Å². The average Bonchev–Trinajstić information content (AvgIpc) is 3.00. The number of hydrogen-bond acceptors (Lipinski definition) is 5. The van der Waals surface area contributed by atoms with E-state index in [0.717, 1.165) is 5.56 Å². The molecule has 124 valence electrons. The Morgan fingerprint density at radius 1 is 1.29 bits per heavy atom. The Labute approximate surface area is 143 Å². The van der Waals surface area contributed by atoms with Crippen LogP contribution in [0.25, 0.3) is 11.1 Å². The van der Waals surface area contributed by atoms with E-state index in [-0.39, 0.29) is 12.5 Å². The molecule has 0 aliphatic carbocycles. The maximum atomic E-state index is 11.3. The molecule has 0 bridgehead atoms. The summed E-state index contributed by atoms with van der Waals surface area (Å²) < 4.78 is 11.1. The SMILES string of the molecule is CNC(=O)COc1ccccc1CNc1nc2cc(Cl)ccc2o1. The lowest BCUT2D eigenvalue weighted by Gasteiger charge is -2.10. The molecule has 1 aromatic heterocycles. The van der Waals surface area contributed by atoms with Gasteiger partial charge in [0.2, 0.25) is 0 Å². The number of fused-ring (bicyclic) bond motifs is 1. The summed E-state index contributed by atoms with van der Waals surface area (Å²) in [7, 11) is 1.57. The molecule has 0 radical (unpaired) electrons. The Bertz CT molecular complexity index is 863. The van der Waals surface area contributed by atoms with Crippen molar-refractivity contribution in [2.24, 2.45) is 0 Å². The van der Waals surface area contributed by atoms with Crippen molar-refractivity contribution in [1.29, 1.82) is 0 Å². The summed E-state index contributed by atoms with van der Waals surface area (Å²) in [6.45, 7) is 0.416. The zero-order valence-electron chi connectivity index (χ0n) is 13.0. The van der Waals surface area contributed by atoms with Crippen molar-refractivity contribution in [3.05, 3.63) is 53.1 Å². The minimum atomic E-state index is -0.186. The second kappa shape index (κ2) is 7.23. The van der Waals surface area contributed by atoms with Crippen LogP contribution in [0.4, 0.5) is 6.01 Å². The highest BCUT2D eigenvalue weighted by molar-refractivity contribution is 6.31. The largest absolute Gasteiger partial charge is 0.483 e. The minimum Gasteiger partial charge on any atom is -0.483 e. The Kier molecular flexibility index (Phi) is 4.86. The average molecular weight is 346 g/mol. The topological polar surface area (TPSA) is 76.4 Å². The fraction of sp³-hybridized carbons (Fsp3) is 0.176. The number of para-hydroxylation sites is 1. The van der Waals surface area contributed by atoms with E-state index in [4.69, 9.17) is 20.8 Å². The number of aromatic nitrogens is 1. The quantitative estimate of drug-likeness (QED) is 0.717. The van der Waals surface area contributed by atoms with E-state index >= 15 is 0 Å². The molecule has 0 spiro atoms. The van der Waals surface area contributed by atoms with Crippen molar-refractivity contribution in [3.8, 4) is 5.75 Å². The van der Waals surface area contributed by atoms with Gasteiger partial charge in [0.15, 0.2) is 12.2 Å². The number of hydrogen-bond donors (Lipinski definition) is 2. The number of nitrogens with zero attached hydrogens (tertiary/aromatic N) is 1. The first-order chi connectivity index (χ1) is 11.7. The zero-order valence-corrected chi connectivity index (χ0v) is 13.8. The van der Waals surface area contributed by atoms with Crippen LogP contribution in [0.1, 0.15) is 5.56 Å². The number of carbonyl (C=O) groups is 1. The van der Waals surface area contributed by atoms with Gasteiger partial charge in [0.05, 0.1) is 0 Å². The van der Waals surface area contributed by atoms with Crippen molar-refractivity contribution in [2.45, 2.75) is 6.54 Å². The Morgan fingerprint density at radius 2 is 2.12 bits per heavy atom. The van der Waals surface area contributed by atoms with Crippen LogP contribution in [0.15, 0.2) is 46.9 Å². The number of halogens is 1. The number of rotatable bonds is 6. The molecular formula is C17H16ClN3O3. The van der Waals surface area contributed by atoms with E-state index in [1.807, 2.05) is 24.3 Å². The van der Waals surface area contributed by atoms with Crippen LogP contribution in [-0.4, -0.2) is 24.5 Å². The Balaban J connectivity index is 1.70. The summed E-state index contributed by atoms with van der Waals surface area (Å²) >= 11 is 5.94. The molecule has 2 N–H and O–H groups in total. The monoisotopic (exact) mass is 345 g/mol. The summed E-state index contributed by atoms with van der Waals surface area (Å²) in [6, 6.07) is 13.1. The number of benzene rings is 2. The van der Waals surface area contributed by atoms with Gasteiger partial charge in [0.25, 0.3) is 11.9 Å². The molecule has 0 unspecified atom stereocenters. The fourth-order valence-corrected chi connectivity index (χ4v) is 2.32. The second-order valence-corrected chi connectivity index (χ2v) is 5.49. The fourth-order valence-electron chi connectivity index (χ4n) is 2.15. The van der Waals surface area contributed by atoms with Crippen molar-refractivity contribution in [1.82, 2.24) is 10.3 Å². The molecule has 0 saturated carbocycles. The highest BCUT2D eigenvalue weighted by atomic mass is 35.5.